The van der Waals surface area contributed by atoms with Crippen LogP contribution in [0.1, 0.15) is 36.0 Å². The fourth-order valence-corrected chi connectivity index (χ4v) is 2.29. The van der Waals surface area contributed by atoms with E-state index in [-0.39, 0.29) is 6.07 Å². The highest BCUT2D eigenvalue weighted by Gasteiger charge is 2.29. The third kappa shape index (κ3) is 2.77. The minimum absolute atomic E-state index is 0.0386. The van der Waals surface area contributed by atoms with Gasteiger partial charge in [-0.15, -0.1) is 0 Å². The second kappa shape index (κ2) is 5.78. The Morgan fingerprint density at radius 1 is 1.10 bits per heavy atom. The van der Waals surface area contributed by atoms with Crippen molar-refractivity contribution < 1.29 is 27.5 Å². The van der Waals surface area contributed by atoms with Crippen LogP contribution in [0.5, 0.6) is 0 Å². The maximum absolute atomic E-state index is 13.4. The molecule has 0 aromatic heterocycles. The van der Waals surface area contributed by atoms with E-state index in [1.165, 1.54) is 0 Å². The molecule has 1 saturated carbocycles. The molecule has 110 valence electrons. The molecule has 1 fully saturated rings. The van der Waals surface area contributed by atoms with Gasteiger partial charge < -0.3 is 10.4 Å². The molecule has 0 radical (unpaired) electrons. The lowest BCUT2D eigenvalue weighted by molar-refractivity contribution is 0.0709. The predicted octanol–water partition coefficient (Wildman–Crippen LogP) is 2.28. The van der Waals surface area contributed by atoms with Crippen LogP contribution >= 0.6 is 0 Å². The second-order valence-corrected chi connectivity index (χ2v) is 4.77. The van der Waals surface area contributed by atoms with E-state index in [9.17, 15) is 27.5 Å². The molecule has 0 heterocycles. The number of amides is 1. The molecule has 1 aromatic rings. The molecule has 0 spiro atoms. The Morgan fingerprint density at radius 3 is 2.20 bits per heavy atom. The number of aliphatic hydroxyl groups is 1. The van der Waals surface area contributed by atoms with Crippen molar-refractivity contribution in [3.05, 3.63) is 34.9 Å². The number of carbonyl (C=O) groups is 1. The summed E-state index contributed by atoms with van der Waals surface area (Å²) in [5.74, 6) is -8.04. The molecule has 2 atom stereocenters. The first kappa shape index (κ1) is 14.8. The first-order valence-corrected chi connectivity index (χ1v) is 6.23. The standard InChI is InChI=1S/C13H13F4NO2/c14-6-5-7(15)12(17)10(11(6)16)13(20)18-8-3-1-2-4-9(8)19/h5,8-9,19H,1-4H2,(H,18,20). The highest BCUT2D eigenvalue weighted by molar-refractivity contribution is 5.95. The number of aliphatic hydroxyl groups excluding tert-OH is 1. The lowest BCUT2D eigenvalue weighted by atomic mass is 9.92. The van der Waals surface area contributed by atoms with Crippen LogP contribution in [0.25, 0.3) is 0 Å². The number of nitrogens with one attached hydrogen (secondary N) is 1. The number of halogens is 4. The van der Waals surface area contributed by atoms with Crippen LogP contribution in [0.4, 0.5) is 17.6 Å². The Labute approximate surface area is 112 Å². The fraction of sp³-hybridized carbons (Fsp3) is 0.462. The summed E-state index contributed by atoms with van der Waals surface area (Å²) in [7, 11) is 0. The van der Waals surface area contributed by atoms with Gasteiger partial charge >= 0.3 is 0 Å². The van der Waals surface area contributed by atoms with Gasteiger partial charge in [0, 0.05) is 6.07 Å². The molecule has 20 heavy (non-hydrogen) atoms. The summed E-state index contributed by atoms with van der Waals surface area (Å²) in [5, 5.41) is 11.9. The molecule has 0 saturated heterocycles. The maximum atomic E-state index is 13.4. The number of carbonyl (C=O) groups excluding carboxylic acids is 1. The summed E-state index contributed by atoms with van der Waals surface area (Å²) in [4.78, 5) is 11.8. The van der Waals surface area contributed by atoms with Crippen LogP contribution in [-0.2, 0) is 0 Å². The Bertz CT molecular complexity index is 509. The molecule has 3 nitrogen and oxygen atoms in total. The number of rotatable bonds is 2. The number of benzene rings is 1. The fourth-order valence-electron chi connectivity index (χ4n) is 2.29. The molecule has 2 N–H and O–H groups in total. The monoisotopic (exact) mass is 291 g/mol. The molecule has 2 unspecified atom stereocenters. The van der Waals surface area contributed by atoms with E-state index >= 15 is 0 Å². The summed E-state index contributed by atoms with van der Waals surface area (Å²) < 4.78 is 52.9. The van der Waals surface area contributed by atoms with Gasteiger partial charge in [0.1, 0.15) is 5.56 Å². The predicted molar refractivity (Wildman–Crippen MR) is 62.0 cm³/mol. The smallest absolute Gasteiger partial charge is 0.257 e. The van der Waals surface area contributed by atoms with Crippen molar-refractivity contribution in [2.75, 3.05) is 0 Å². The van der Waals surface area contributed by atoms with Crippen molar-refractivity contribution in [1.82, 2.24) is 5.32 Å². The van der Waals surface area contributed by atoms with E-state index in [4.69, 9.17) is 0 Å². The largest absolute Gasteiger partial charge is 0.391 e. The van der Waals surface area contributed by atoms with Crippen molar-refractivity contribution in [2.45, 2.75) is 37.8 Å². The van der Waals surface area contributed by atoms with Crippen LogP contribution in [0.2, 0.25) is 0 Å². The average molecular weight is 291 g/mol. The van der Waals surface area contributed by atoms with Crippen molar-refractivity contribution >= 4 is 5.91 Å². The topological polar surface area (TPSA) is 49.3 Å². The van der Waals surface area contributed by atoms with Gasteiger partial charge in [0.25, 0.3) is 5.91 Å². The van der Waals surface area contributed by atoms with Gasteiger partial charge in [-0.2, -0.15) is 0 Å². The maximum Gasteiger partial charge on any atom is 0.257 e. The average Bonchev–Trinajstić information content (AvgIpc) is 2.39. The molecule has 1 amide bonds. The van der Waals surface area contributed by atoms with Gasteiger partial charge in [-0.1, -0.05) is 12.8 Å². The summed E-state index contributed by atoms with van der Waals surface area (Å²) in [5.41, 5.74) is -1.31. The highest BCUT2D eigenvalue weighted by atomic mass is 19.2. The zero-order valence-electron chi connectivity index (χ0n) is 10.4. The van der Waals surface area contributed by atoms with Crippen molar-refractivity contribution in [2.24, 2.45) is 0 Å². The molecule has 7 heteroatoms. The normalized spacial score (nSPS) is 22.6. The van der Waals surface area contributed by atoms with Gasteiger partial charge in [-0.25, -0.2) is 17.6 Å². The van der Waals surface area contributed by atoms with Gasteiger partial charge in [-0.05, 0) is 12.8 Å². The summed E-state index contributed by atoms with van der Waals surface area (Å²) >= 11 is 0. The van der Waals surface area contributed by atoms with E-state index < -0.39 is 46.9 Å². The Morgan fingerprint density at radius 2 is 1.65 bits per heavy atom. The van der Waals surface area contributed by atoms with Gasteiger partial charge in [0.15, 0.2) is 23.3 Å². The summed E-state index contributed by atoms with van der Waals surface area (Å²) in [6.07, 6.45) is 1.58. The quantitative estimate of drug-likeness (QED) is 0.649. The van der Waals surface area contributed by atoms with Crippen LogP contribution in [-0.4, -0.2) is 23.2 Å². The number of hydrogen-bond donors (Lipinski definition) is 2. The van der Waals surface area contributed by atoms with E-state index in [1.807, 2.05) is 0 Å². The molecule has 2 rings (SSSR count). The van der Waals surface area contributed by atoms with E-state index in [1.54, 1.807) is 0 Å². The summed E-state index contributed by atoms with van der Waals surface area (Å²) in [6, 6.07) is -0.641. The van der Waals surface area contributed by atoms with Crippen molar-refractivity contribution in [3.63, 3.8) is 0 Å². The van der Waals surface area contributed by atoms with Gasteiger partial charge in [-0.3, -0.25) is 4.79 Å². The Kier molecular flexibility index (Phi) is 4.27. The zero-order valence-corrected chi connectivity index (χ0v) is 10.4. The van der Waals surface area contributed by atoms with Crippen LogP contribution in [0.3, 0.4) is 0 Å². The molecule has 1 aliphatic carbocycles. The first-order chi connectivity index (χ1) is 9.41. The van der Waals surface area contributed by atoms with E-state index in [2.05, 4.69) is 5.32 Å². The zero-order chi connectivity index (χ0) is 14.9. The van der Waals surface area contributed by atoms with Crippen LogP contribution < -0.4 is 5.32 Å². The van der Waals surface area contributed by atoms with E-state index in [0.717, 1.165) is 12.8 Å². The third-order valence-electron chi connectivity index (χ3n) is 3.38. The summed E-state index contributed by atoms with van der Waals surface area (Å²) in [6.45, 7) is 0. The Hall–Kier alpha value is -1.63. The first-order valence-electron chi connectivity index (χ1n) is 6.23. The molecule has 1 aliphatic rings. The SMILES string of the molecule is O=C(NC1CCCCC1O)c1c(F)c(F)cc(F)c1F. The van der Waals surface area contributed by atoms with Crippen LogP contribution in [0, 0.1) is 23.3 Å². The minimum Gasteiger partial charge on any atom is -0.391 e. The third-order valence-corrected chi connectivity index (χ3v) is 3.38. The van der Waals surface area contributed by atoms with Gasteiger partial charge in [0.2, 0.25) is 0 Å². The minimum atomic E-state index is -1.74. The molecule has 0 aliphatic heterocycles. The van der Waals surface area contributed by atoms with E-state index in [0.29, 0.717) is 12.8 Å². The van der Waals surface area contributed by atoms with Crippen LogP contribution in [0.15, 0.2) is 6.07 Å². The van der Waals surface area contributed by atoms with Crippen molar-refractivity contribution in [3.8, 4) is 0 Å². The van der Waals surface area contributed by atoms with Gasteiger partial charge in [0.05, 0.1) is 12.1 Å². The second-order valence-electron chi connectivity index (χ2n) is 4.77. The molecular weight excluding hydrogens is 278 g/mol. The molecular formula is C13H13F4NO2. The molecule has 1 aromatic carbocycles. The lowest BCUT2D eigenvalue weighted by Gasteiger charge is -2.28. The highest BCUT2D eigenvalue weighted by Crippen LogP contribution is 2.22. The molecule has 0 bridgehead atoms. The van der Waals surface area contributed by atoms with Crippen molar-refractivity contribution in [1.29, 1.82) is 0 Å². The Balaban J connectivity index is 2.25. The number of hydrogen-bond acceptors (Lipinski definition) is 2. The lowest BCUT2D eigenvalue weighted by Crippen LogP contribution is -2.45.